The Hall–Kier alpha value is -1.06. The van der Waals surface area contributed by atoms with E-state index in [4.69, 9.17) is 5.11 Å². The summed E-state index contributed by atoms with van der Waals surface area (Å²) in [5.74, 6) is 0.0254. The number of ketones is 1. The first kappa shape index (κ1) is 11.0. The second kappa shape index (κ2) is 3.59. The van der Waals surface area contributed by atoms with Crippen LogP contribution in [-0.2, 0) is 4.79 Å². The predicted octanol–water partition coefficient (Wildman–Crippen LogP) is 1.74. The maximum atomic E-state index is 11.9. The summed E-state index contributed by atoms with van der Waals surface area (Å²) >= 11 is 0. The number of hydrogen-bond donors (Lipinski definition) is 1. The fourth-order valence-corrected chi connectivity index (χ4v) is 1.77. The van der Waals surface area contributed by atoms with Crippen LogP contribution in [0.15, 0.2) is 0 Å². The Labute approximate surface area is 83.9 Å². The Kier molecular flexibility index (Phi) is 2.83. The van der Waals surface area contributed by atoms with Crippen molar-refractivity contribution in [2.24, 2.45) is 5.41 Å². The first-order chi connectivity index (χ1) is 6.34. The Balaban J connectivity index is 2.77. The van der Waals surface area contributed by atoms with Crippen LogP contribution in [0.25, 0.3) is 0 Å². The van der Waals surface area contributed by atoms with Gasteiger partial charge in [0.05, 0.1) is 6.04 Å². The lowest BCUT2D eigenvalue weighted by molar-refractivity contribution is -0.130. The van der Waals surface area contributed by atoms with Gasteiger partial charge in [0.2, 0.25) is 0 Å². The lowest BCUT2D eigenvalue weighted by Gasteiger charge is -2.26. The van der Waals surface area contributed by atoms with Crippen molar-refractivity contribution in [3.8, 4) is 0 Å². The van der Waals surface area contributed by atoms with Gasteiger partial charge in [-0.15, -0.1) is 0 Å². The van der Waals surface area contributed by atoms with Crippen LogP contribution in [-0.4, -0.2) is 34.5 Å². The first-order valence-electron chi connectivity index (χ1n) is 4.88. The average Bonchev–Trinajstić information content (AvgIpc) is 2.48. The number of carbonyl (C=O) groups is 2. The Morgan fingerprint density at radius 2 is 1.93 bits per heavy atom. The number of rotatable bonds is 1. The lowest BCUT2D eigenvalue weighted by Crippen LogP contribution is -2.44. The summed E-state index contributed by atoms with van der Waals surface area (Å²) in [6, 6.07) is -0.424. The van der Waals surface area contributed by atoms with E-state index in [1.807, 2.05) is 20.8 Å². The number of likely N-dealkylation sites (tertiary alicyclic amines) is 1. The van der Waals surface area contributed by atoms with Gasteiger partial charge in [-0.25, -0.2) is 4.79 Å². The molecule has 0 bridgehead atoms. The maximum Gasteiger partial charge on any atom is 0.407 e. The van der Waals surface area contributed by atoms with Crippen LogP contribution in [0.3, 0.4) is 0 Å². The van der Waals surface area contributed by atoms with Gasteiger partial charge in [-0.3, -0.25) is 9.69 Å². The molecular weight excluding hydrogens is 182 g/mol. The van der Waals surface area contributed by atoms with E-state index in [0.717, 1.165) is 6.42 Å². The molecule has 4 heteroatoms. The number of carbonyl (C=O) groups excluding carboxylic acids is 1. The fourth-order valence-electron chi connectivity index (χ4n) is 1.77. The molecule has 1 amide bonds. The summed E-state index contributed by atoms with van der Waals surface area (Å²) in [6.45, 7) is 5.97. The van der Waals surface area contributed by atoms with E-state index in [9.17, 15) is 9.59 Å². The highest BCUT2D eigenvalue weighted by molar-refractivity contribution is 5.91. The van der Waals surface area contributed by atoms with E-state index in [1.165, 1.54) is 4.90 Å². The van der Waals surface area contributed by atoms with Crippen molar-refractivity contribution in [3.05, 3.63) is 0 Å². The molecule has 1 aliphatic heterocycles. The molecule has 0 saturated carbocycles. The smallest absolute Gasteiger partial charge is 0.407 e. The van der Waals surface area contributed by atoms with E-state index in [-0.39, 0.29) is 5.78 Å². The van der Waals surface area contributed by atoms with E-state index < -0.39 is 17.6 Å². The summed E-state index contributed by atoms with van der Waals surface area (Å²) in [7, 11) is 0. The normalized spacial score (nSPS) is 22.5. The van der Waals surface area contributed by atoms with E-state index >= 15 is 0 Å². The molecule has 1 aliphatic rings. The topological polar surface area (TPSA) is 57.6 Å². The first-order valence-corrected chi connectivity index (χ1v) is 4.88. The fraction of sp³-hybridized carbons (Fsp3) is 0.800. The van der Waals surface area contributed by atoms with Gasteiger partial charge in [-0.05, 0) is 12.8 Å². The molecule has 1 N–H and O–H groups in total. The average molecular weight is 199 g/mol. The highest BCUT2D eigenvalue weighted by Crippen LogP contribution is 2.26. The molecule has 1 atom stereocenters. The minimum Gasteiger partial charge on any atom is -0.465 e. The van der Waals surface area contributed by atoms with Gasteiger partial charge in [0.15, 0.2) is 5.78 Å². The molecule has 0 aromatic heterocycles. The van der Waals surface area contributed by atoms with Gasteiger partial charge in [-0.1, -0.05) is 20.8 Å². The highest BCUT2D eigenvalue weighted by atomic mass is 16.4. The highest BCUT2D eigenvalue weighted by Gasteiger charge is 2.38. The second-order valence-corrected chi connectivity index (χ2v) is 4.75. The van der Waals surface area contributed by atoms with Gasteiger partial charge in [-0.2, -0.15) is 0 Å². The van der Waals surface area contributed by atoms with Crippen molar-refractivity contribution in [3.63, 3.8) is 0 Å². The van der Waals surface area contributed by atoms with Gasteiger partial charge >= 0.3 is 6.09 Å². The number of amides is 1. The van der Waals surface area contributed by atoms with Crippen molar-refractivity contribution in [1.82, 2.24) is 4.90 Å². The zero-order chi connectivity index (χ0) is 10.9. The van der Waals surface area contributed by atoms with Crippen LogP contribution in [0.2, 0.25) is 0 Å². The standard InChI is InChI=1S/C10H17NO3/c1-10(2,3)8(12)7-5-4-6-11(7)9(13)14/h7H,4-6H2,1-3H3,(H,13,14)/t7-/m1/s1. The molecule has 0 radical (unpaired) electrons. The molecule has 0 unspecified atom stereocenters. The molecular formula is C10H17NO3. The van der Waals surface area contributed by atoms with Crippen LogP contribution >= 0.6 is 0 Å². The zero-order valence-electron chi connectivity index (χ0n) is 8.91. The Morgan fingerprint density at radius 3 is 2.36 bits per heavy atom. The molecule has 0 spiro atoms. The van der Waals surface area contributed by atoms with Gasteiger partial charge in [0.25, 0.3) is 0 Å². The molecule has 0 aromatic carbocycles. The second-order valence-electron chi connectivity index (χ2n) is 4.75. The van der Waals surface area contributed by atoms with Crippen molar-refractivity contribution in [2.75, 3.05) is 6.54 Å². The molecule has 0 aromatic rings. The SMILES string of the molecule is CC(C)(C)C(=O)[C@H]1CCCN1C(=O)O. The lowest BCUT2D eigenvalue weighted by atomic mass is 9.85. The third kappa shape index (κ3) is 2.05. The summed E-state index contributed by atoms with van der Waals surface area (Å²) in [6.07, 6.45) is 0.478. The molecule has 0 aliphatic carbocycles. The third-order valence-electron chi connectivity index (χ3n) is 2.54. The summed E-state index contributed by atoms with van der Waals surface area (Å²) in [4.78, 5) is 24.0. The van der Waals surface area contributed by atoms with E-state index in [0.29, 0.717) is 13.0 Å². The van der Waals surface area contributed by atoms with Crippen LogP contribution in [0.5, 0.6) is 0 Å². The van der Waals surface area contributed by atoms with Crippen molar-refractivity contribution in [1.29, 1.82) is 0 Å². The molecule has 4 nitrogen and oxygen atoms in total. The van der Waals surface area contributed by atoms with Gasteiger partial charge in [0.1, 0.15) is 0 Å². The van der Waals surface area contributed by atoms with E-state index in [1.54, 1.807) is 0 Å². The van der Waals surface area contributed by atoms with Gasteiger partial charge < -0.3 is 5.11 Å². The Bertz CT molecular complexity index is 255. The third-order valence-corrected chi connectivity index (χ3v) is 2.54. The summed E-state index contributed by atoms with van der Waals surface area (Å²) < 4.78 is 0. The number of carboxylic acid groups (broad SMARTS) is 1. The van der Waals surface area contributed by atoms with Crippen LogP contribution in [0, 0.1) is 5.41 Å². The van der Waals surface area contributed by atoms with Crippen molar-refractivity contribution < 1.29 is 14.7 Å². The minimum atomic E-state index is -0.981. The largest absolute Gasteiger partial charge is 0.465 e. The van der Waals surface area contributed by atoms with Crippen molar-refractivity contribution >= 4 is 11.9 Å². The quantitative estimate of drug-likeness (QED) is 0.699. The predicted molar refractivity (Wildman–Crippen MR) is 52.2 cm³/mol. The monoisotopic (exact) mass is 199 g/mol. The molecule has 1 saturated heterocycles. The molecule has 1 fully saturated rings. The minimum absolute atomic E-state index is 0.0254. The van der Waals surface area contributed by atoms with Crippen LogP contribution in [0.4, 0.5) is 4.79 Å². The Morgan fingerprint density at radius 1 is 1.36 bits per heavy atom. The maximum absolute atomic E-state index is 11.9. The summed E-state index contributed by atoms with van der Waals surface area (Å²) in [5, 5.41) is 8.87. The number of Topliss-reactive ketones (excluding diaryl/α,β-unsaturated/α-hetero) is 1. The molecule has 14 heavy (non-hydrogen) atoms. The van der Waals surface area contributed by atoms with Crippen molar-refractivity contribution in [2.45, 2.75) is 39.7 Å². The van der Waals surface area contributed by atoms with Crippen LogP contribution in [0.1, 0.15) is 33.6 Å². The van der Waals surface area contributed by atoms with E-state index in [2.05, 4.69) is 0 Å². The summed E-state index contributed by atoms with van der Waals surface area (Å²) in [5.41, 5.74) is -0.456. The number of hydrogen-bond acceptors (Lipinski definition) is 2. The number of nitrogens with zero attached hydrogens (tertiary/aromatic N) is 1. The molecule has 1 rings (SSSR count). The van der Waals surface area contributed by atoms with Gasteiger partial charge in [0, 0.05) is 12.0 Å². The molecule has 80 valence electrons. The molecule has 1 heterocycles. The zero-order valence-corrected chi connectivity index (χ0v) is 8.91. The van der Waals surface area contributed by atoms with Crippen LogP contribution < -0.4 is 0 Å².